The molecule has 1 aliphatic rings. The van der Waals surface area contributed by atoms with Crippen LogP contribution in [-0.4, -0.2) is 42.8 Å². The average molecular weight is 238 g/mol. The maximum absolute atomic E-state index is 5.90. The molecule has 4 nitrogen and oxygen atoms in total. The topological polar surface area (TPSA) is 51.6 Å². The Morgan fingerprint density at radius 2 is 2.35 bits per heavy atom. The zero-order valence-electron chi connectivity index (χ0n) is 10.6. The first-order valence-corrected chi connectivity index (χ1v) is 6.30. The Morgan fingerprint density at radius 1 is 1.53 bits per heavy atom. The van der Waals surface area contributed by atoms with Gasteiger partial charge in [0.25, 0.3) is 0 Å². The quantitative estimate of drug-likeness (QED) is 0.858. The maximum atomic E-state index is 5.90. The number of hydrogen-bond acceptors (Lipinski definition) is 4. The highest BCUT2D eigenvalue weighted by Crippen LogP contribution is 2.14. The van der Waals surface area contributed by atoms with Crippen LogP contribution in [0.5, 0.6) is 0 Å². The lowest BCUT2D eigenvalue weighted by Gasteiger charge is -2.38. The van der Waals surface area contributed by atoms with E-state index in [1.54, 1.807) is 6.26 Å². The zero-order chi connectivity index (χ0) is 12.3. The van der Waals surface area contributed by atoms with E-state index in [4.69, 9.17) is 14.9 Å². The molecule has 1 fully saturated rings. The SMILES string of the molecule is CC(N)C1CN(C(C)Cc2ccco2)CCO1. The van der Waals surface area contributed by atoms with Crippen LogP contribution in [-0.2, 0) is 11.2 Å². The Labute approximate surface area is 103 Å². The summed E-state index contributed by atoms with van der Waals surface area (Å²) in [5.74, 6) is 1.04. The van der Waals surface area contributed by atoms with Crippen LogP contribution in [0.1, 0.15) is 19.6 Å². The normalized spacial score (nSPS) is 25.7. The molecule has 3 unspecified atom stereocenters. The Kier molecular flexibility index (Phi) is 4.20. The number of ether oxygens (including phenoxy) is 1. The van der Waals surface area contributed by atoms with Gasteiger partial charge in [-0.15, -0.1) is 0 Å². The molecule has 1 aliphatic heterocycles. The summed E-state index contributed by atoms with van der Waals surface area (Å²) in [6, 6.07) is 4.52. The van der Waals surface area contributed by atoms with Gasteiger partial charge in [-0.05, 0) is 26.0 Å². The van der Waals surface area contributed by atoms with E-state index in [0.29, 0.717) is 6.04 Å². The van der Waals surface area contributed by atoms with E-state index >= 15 is 0 Å². The Balaban J connectivity index is 1.88. The Hall–Kier alpha value is -0.840. The third kappa shape index (κ3) is 3.31. The monoisotopic (exact) mass is 238 g/mol. The molecule has 17 heavy (non-hydrogen) atoms. The van der Waals surface area contributed by atoms with Gasteiger partial charge in [0.05, 0.1) is 19.0 Å². The van der Waals surface area contributed by atoms with Crippen molar-refractivity contribution in [2.75, 3.05) is 19.7 Å². The largest absolute Gasteiger partial charge is 0.469 e. The number of nitrogens with zero attached hydrogens (tertiary/aromatic N) is 1. The predicted molar refractivity (Wildman–Crippen MR) is 66.8 cm³/mol. The molecule has 0 aliphatic carbocycles. The van der Waals surface area contributed by atoms with Crippen LogP contribution in [0, 0.1) is 0 Å². The molecular weight excluding hydrogens is 216 g/mol. The average Bonchev–Trinajstić information content (AvgIpc) is 2.82. The van der Waals surface area contributed by atoms with Gasteiger partial charge in [0, 0.05) is 31.6 Å². The van der Waals surface area contributed by atoms with Gasteiger partial charge < -0.3 is 14.9 Å². The summed E-state index contributed by atoms with van der Waals surface area (Å²) in [6.07, 6.45) is 2.83. The number of morpholine rings is 1. The second kappa shape index (κ2) is 5.67. The van der Waals surface area contributed by atoms with Crippen molar-refractivity contribution in [3.8, 4) is 0 Å². The van der Waals surface area contributed by atoms with Crippen molar-refractivity contribution in [3.05, 3.63) is 24.2 Å². The fourth-order valence-electron chi connectivity index (χ4n) is 2.26. The summed E-state index contributed by atoms with van der Waals surface area (Å²) >= 11 is 0. The van der Waals surface area contributed by atoms with E-state index in [1.807, 2.05) is 19.1 Å². The summed E-state index contributed by atoms with van der Waals surface area (Å²) < 4.78 is 11.1. The molecule has 0 aromatic carbocycles. The highest BCUT2D eigenvalue weighted by molar-refractivity contribution is 5.00. The molecular formula is C13H22N2O2. The van der Waals surface area contributed by atoms with E-state index in [2.05, 4.69) is 11.8 Å². The highest BCUT2D eigenvalue weighted by Gasteiger charge is 2.26. The Morgan fingerprint density at radius 3 is 3.00 bits per heavy atom. The van der Waals surface area contributed by atoms with Gasteiger partial charge >= 0.3 is 0 Å². The van der Waals surface area contributed by atoms with Crippen molar-refractivity contribution in [3.63, 3.8) is 0 Å². The van der Waals surface area contributed by atoms with E-state index < -0.39 is 0 Å². The minimum absolute atomic E-state index is 0.0913. The maximum Gasteiger partial charge on any atom is 0.105 e. The van der Waals surface area contributed by atoms with Crippen LogP contribution in [0.3, 0.4) is 0 Å². The second-order valence-electron chi connectivity index (χ2n) is 4.90. The van der Waals surface area contributed by atoms with E-state index in [1.165, 1.54) is 0 Å². The van der Waals surface area contributed by atoms with Crippen LogP contribution in [0.4, 0.5) is 0 Å². The zero-order valence-corrected chi connectivity index (χ0v) is 10.6. The minimum atomic E-state index is 0.0913. The van der Waals surface area contributed by atoms with Crippen molar-refractivity contribution in [1.29, 1.82) is 0 Å². The first kappa shape index (κ1) is 12.6. The number of rotatable bonds is 4. The number of hydrogen-bond donors (Lipinski definition) is 1. The fraction of sp³-hybridized carbons (Fsp3) is 0.692. The molecule has 4 heteroatoms. The first-order valence-electron chi connectivity index (χ1n) is 6.30. The highest BCUT2D eigenvalue weighted by atomic mass is 16.5. The van der Waals surface area contributed by atoms with Gasteiger partial charge in [-0.3, -0.25) is 4.90 Å². The second-order valence-corrected chi connectivity index (χ2v) is 4.90. The van der Waals surface area contributed by atoms with Crippen molar-refractivity contribution >= 4 is 0 Å². The van der Waals surface area contributed by atoms with Gasteiger partial charge in [-0.1, -0.05) is 0 Å². The van der Waals surface area contributed by atoms with Crippen molar-refractivity contribution in [1.82, 2.24) is 4.90 Å². The van der Waals surface area contributed by atoms with Gasteiger partial charge in [0.2, 0.25) is 0 Å². The molecule has 0 amide bonds. The summed E-state index contributed by atoms with van der Waals surface area (Å²) in [4.78, 5) is 2.43. The summed E-state index contributed by atoms with van der Waals surface area (Å²) in [7, 11) is 0. The summed E-state index contributed by atoms with van der Waals surface area (Å²) in [5, 5.41) is 0. The van der Waals surface area contributed by atoms with E-state index in [0.717, 1.165) is 31.9 Å². The molecule has 1 aromatic heterocycles. The van der Waals surface area contributed by atoms with Gasteiger partial charge in [0.1, 0.15) is 5.76 Å². The molecule has 0 saturated carbocycles. The third-order valence-corrected chi connectivity index (χ3v) is 3.41. The molecule has 96 valence electrons. The van der Waals surface area contributed by atoms with Crippen LogP contribution in [0.25, 0.3) is 0 Å². The minimum Gasteiger partial charge on any atom is -0.469 e. The van der Waals surface area contributed by atoms with E-state index in [-0.39, 0.29) is 12.1 Å². The van der Waals surface area contributed by atoms with Crippen molar-refractivity contribution in [2.24, 2.45) is 5.73 Å². The molecule has 1 aromatic rings. The lowest BCUT2D eigenvalue weighted by Crippen LogP contribution is -2.52. The molecule has 0 spiro atoms. The van der Waals surface area contributed by atoms with Crippen LogP contribution in [0.15, 0.2) is 22.8 Å². The predicted octanol–water partition coefficient (Wildman–Crippen LogP) is 1.26. The third-order valence-electron chi connectivity index (χ3n) is 3.41. The molecule has 2 N–H and O–H groups in total. The molecule has 0 radical (unpaired) electrons. The van der Waals surface area contributed by atoms with Crippen LogP contribution >= 0.6 is 0 Å². The molecule has 0 bridgehead atoms. The van der Waals surface area contributed by atoms with Crippen molar-refractivity contribution < 1.29 is 9.15 Å². The van der Waals surface area contributed by atoms with Crippen LogP contribution in [0.2, 0.25) is 0 Å². The first-order chi connectivity index (χ1) is 8.16. The molecule has 3 atom stereocenters. The van der Waals surface area contributed by atoms with Gasteiger partial charge in [0.15, 0.2) is 0 Å². The smallest absolute Gasteiger partial charge is 0.105 e. The van der Waals surface area contributed by atoms with Crippen molar-refractivity contribution in [2.45, 2.75) is 38.5 Å². The van der Waals surface area contributed by atoms with Crippen LogP contribution < -0.4 is 5.73 Å². The van der Waals surface area contributed by atoms with Gasteiger partial charge in [-0.25, -0.2) is 0 Å². The molecule has 2 rings (SSSR count). The number of nitrogens with two attached hydrogens (primary N) is 1. The standard InChI is InChI=1S/C13H22N2O2/c1-10(8-12-4-3-6-16-12)15-5-7-17-13(9-15)11(2)14/h3-4,6,10-11,13H,5,7-9,14H2,1-2H3. The Bertz CT molecular complexity index is 324. The summed E-state index contributed by atoms with van der Waals surface area (Å²) in [6.45, 7) is 6.90. The summed E-state index contributed by atoms with van der Waals surface area (Å²) in [5.41, 5.74) is 5.90. The molecule has 2 heterocycles. The fourth-order valence-corrected chi connectivity index (χ4v) is 2.26. The molecule has 1 saturated heterocycles. The van der Waals surface area contributed by atoms with Gasteiger partial charge in [-0.2, -0.15) is 0 Å². The lowest BCUT2D eigenvalue weighted by atomic mass is 10.1. The lowest BCUT2D eigenvalue weighted by molar-refractivity contribution is -0.0496. The van der Waals surface area contributed by atoms with E-state index in [9.17, 15) is 0 Å². The number of furan rings is 1.